The Hall–Kier alpha value is -2.12. The smallest absolute Gasteiger partial charge is 0.301 e. The summed E-state index contributed by atoms with van der Waals surface area (Å²) < 4.78 is 4.95. The fourth-order valence-corrected chi connectivity index (χ4v) is 1.83. The number of amides is 1. The number of nitrogens with one attached hydrogen (secondary N) is 1. The van der Waals surface area contributed by atoms with Gasteiger partial charge in [0, 0.05) is 12.1 Å². The van der Waals surface area contributed by atoms with E-state index in [1.54, 1.807) is 6.92 Å². The molecule has 1 aromatic carbocycles. The van der Waals surface area contributed by atoms with Crippen LogP contribution in [0.15, 0.2) is 22.8 Å². The van der Waals surface area contributed by atoms with Crippen LogP contribution in [-0.4, -0.2) is 15.8 Å². The van der Waals surface area contributed by atoms with Crippen molar-refractivity contribution < 1.29 is 14.1 Å². The van der Waals surface area contributed by atoms with Gasteiger partial charge in [0.2, 0.25) is 0 Å². The number of nitro benzene ring substituents is 1. The van der Waals surface area contributed by atoms with Crippen LogP contribution in [0, 0.1) is 17.0 Å². The number of oxazole rings is 1. The fraction of sp³-hybridized carbons (Fsp3) is 0.0909. The van der Waals surface area contributed by atoms with Gasteiger partial charge in [-0.15, -0.1) is 0 Å². The van der Waals surface area contributed by atoms with Crippen LogP contribution in [-0.2, 0) is 0 Å². The Morgan fingerprint density at radius 1 is 1.45 bits per heavy atom. The van der Waals surface area contributed by atoms with E-state index in [0.717, 1.165) is 12.1 Å². The molecule has 0 atom stereocenters. The van der Waals surface area contributed by atoms with Crippen LogP contribution in [0.3, 0.4) is 0 Å². The third kappa shape index (κ3) is 2.89. The number of benzene rings is 1. The van der Waals surface area contributed by atoms with Crippen molar-refractivity contribution in [1.29, 1.82) is 0 Å². The van der Waals surface area contributed by atoms with Crippen molar-refractivity contribution >= 4 is 40.8 Å². The molecule has 1 N–H and O–H groups in total. The second-order valence-corrected chi connectivity index (χ2v) is 4.58. The van der Waals surface area contributed by atoms with Gasteiger partial charge >= 0.3 is 6.01 Å². The number of rotatable bonds is 3. The van der Waals surface area contributed by atoms with Crippen molar-refractivity contribution in [3.8, 4) is 0 Å². The van der Waals surface area contributed by atoms with E-state index >= 15 is 0 Å². The Labute approximate surface area is 122 Å². The van der Waals surface area contributed by atoms with Gasteiger partial charge in [-0.25, -0.2) is 0 Å². The first-order valence-corrected chi connectivity index (χ1v) is 6.01. The molecule has 7 nitrogen and oxygen atoms in total. The second-order valence-electron chi connectivity index (χ2n) is 3.79. The van der Waals surface area contributed by atoms with E-state index < -0.39 is 10.8 Å². The molecule has 0 saturated carbocycles. The number of aromatic nitrogens is 1. The monoisotopic (exact) mass is 315 g/mol. The molecule has 0 radical (unpaired) electrons. The number of anilines is 1. The van der Waals surface area contributed by atoms with Gasteiger partial charge in [-0.05, 0) is 6.92 Å². The molecule has 0 fully saturated rings. The maximum atomic E-state index is 12.0. The van der Waals surface area contributed by atoms with Gasteiger partial charge in [0.05, 0.1) is 26.2 Å². The third-order valence-electron chi connectivity index (χ3n) is 2.31. The van der Waals surface area contributed by atoms with Gasteiger partial charge in [-0.1, -0.05) is 23.2 Å². The zero-order valence-corrected chi connectivity index (χ0v) is 11.5. The standard InChI is InChI=1S/C11H7Cl2N3O4/c1-5-4-20-11(14-5)15-10(17)7-2-6(16(18)19)3-8(12)9(7)13/h2-4H,1H3,(H,14,15,17). The Kier molecular flexibility index (Phi) is 3.91. The molecular formula is C11H7Cl2N3O4. The summed E-state index contributed by atoms with van der Waals surface area (Å²) in [5, 5.41) is 12.9. The molecule has 0 aliphatic heterocycles. The van der Waals surface area contributed by atoms with E-state index in [1.807, 2.05) is 0 Å². The summed E-state index contributed by atoms with van der Waals surface area (Å²) in [4.78, 5) is 25.9. The maximum absolute atomic E-state index is 12.0. The fourth-order valence-electron chi connectivity index (χ4n) is 1.42. The number of hydrogen-bond acceptors (Lipinski definition) is 5. The molecule has 0 aliphatic carbocycles. The molecule has 0 saturated heterocycles. The first-order valence-electron chi connectivity index (χ1n) is 5.25. The SMILES string of the molecule is Cc1coc(NC(=O)c2cc([N+](=O)[O-])cc(Cl)c2Cl)n1. The molecule has 2 aromatic rings. The Morgan fingerprint density at radius 2 is 2.15 bits per heavy atom. The van der Waals surface area contributed by atoms with E-state index in [-0.39, 0.29) is 27.3 Å². The first kappa shape index (κ1) is 14.3. The molecule has 104 valence electrons. The lowest BCUT2D eigenvalue weighted by Gasteiger charge is -2.05. The summed E-state index contributed by atoms with van der Waals surface area (Å²) in [6, 6.07) is 2.06. The average molecular weight is 316 g/mol. The molecule has 9 heteroatoms. The van der Waals surface area contributed by atoms with Gasteiger partial charge in [0.1, 0.15) is 6.26 Å². The molecule has 0 unspecified atom stereocenters. The van der Waals surface area contributed by atoms with Crippen molar-refractivity contribution in [2.45, 2.75) is 6.92 Å². The lowest BCUT2D eigenvalue weighted by molar-refractivity contribution is -0.384. The van der Waals surface area contributed by atoms with Crippen molar-refractivity contribution in [3.05, 3.63) is 49.8 Å². The summed E-state index contributed by atoms with van der Waals surface area (Å²) >= 11 is 11.6. The first-order chi connectivity index (χ1) is 9.38. The number of aryl methyl sites for hydroxylation is 1. The largest absolute Gasteiger partial charge is 0.432 e. The third-order valence-corrected chi connectivity index (χ3v) is 3.11. The quantitative estimate of drug-likeness (QED) is 0.690. The summed E-state index contributed by atoms with van der Waals surface area (Å²) in [5.41, 5.74) is 0.0957. The van der Waals surface area contributed by atoms with E-state index in [1.165, 1.54) is 6.26 Å². The molecule has 20 heavy (non-hydrogen) atoms. The zero-order chi connectivity index (χ0) is 14.9. The number of carbonyl (C=O) groups is 1. The Bertz CT molecular complexity index is 699. The van der Waals surface area contributed by atoms with Crippen molar-refractivity contribution in [1.82, 2.24) is 4.98 Å². The highest BCUT2D eigenvalue weighted by molar-refractivity contribution is 6.44. The number of halogens is 2. The van der Waals surface area contributed by atoms with Gasteiger partial charge in [-0.2, -0.15) is 4.98 Å². The summed E-state index contributed by atoms with van der Waals surface area (Å²) in [6.07, 6.45) is 1.34. The minimum atomic E-state index is -0.706. The zero-order valence-electron chi connectivity index (χ0n) is 10.0. The maximum Gasteiger partial charge on any atom is 0.301 e. The molecular weight excluding hydrogens is 309 g/mol. The number of hydrogen-bond donors (Lipinski definition) is 1. The van der Waals surface area contributed by atoms with Crippen LogP contribution >= 0.6 is 23.2 Å². The van der Waals surface area contributed by atoms with Crippen LogP contribution in [0.1, 0.15) is 16.1 Å². The summed E-state index contributed by atoms with van der Waals surface area (Å²) in [5.74, 6) is -0.706. The molecule has 1 amide bonds. The Balaban J connectivity index is 2.36. The highest BCUT2D eigenvalue weighted by Gasteiger charge is 2.20. The van der Waals surface area contributed by atoms with Gasteiger partial charge in [0.15, 0.2) is 0 Å². The highest BCUT2D eigenvalue weighted by Crippen LogP contribution is 2.31. The van der Waals surface area contributed by atoms with Crippen LogP contribution in [0.25, 0.3) is 0 Å². The van der Waals surface area contributed by atoms with Crippen LogP contribution in [0.2, 0.25) is 10.0 Å². The predicted molar refractivity (Wildman–Crippen MR) is 72.3 cm³/mol. The molecule has 1 aromatic heterocycles. The predicted octanol–water partition coefficient (Wildman–Crippen LogP) is 3.45. The molecule has 0 bridgehead atoms. The van der Waals surface area contributed by atoms with Gasteiger partial charge in [-0.3, -0.25) is 20.2 Å². The second kappa shape index (κ2) is 5.48. The number of nitro groups is 1. The van der Waals surface area contributed by atoms with Crippen molar-refractivity contribution in [3.63, 3.8) is 0 Å². The minimum absolute atomic E-state index is 0.0359. The van der Waals surface area contributed by atoms with Crippen LogP contribution in [0.4, 0.5) is 11.7 Å². The lowest BCUT2D eigenvalue weighted by atomic mass is 10.2. The van der Waals surface area contributed by atoms with Crippen LogP contribution < -0.4 is 5.32 Å². The molecule has 0 aliphatic rings. The Morgan fingerprint density at radius 3 is 2.70 bits per heavy atom. The van der Waals surface area contributed by atoms with Crippen LogP contribution in [0.5, 0.6) is 0 Å². The number of nitrogens with zero attached hydrogens (tertiary/aromatic N) is 2. The summed E-state index contributed by atoms with van der Waals surface area (Å²) in [6.45, 7) is 1.68. The molecule has 0 spiro atoms. The van der Waals surface area contributed by atoms with Gasteiger partial charge in [0.25, 0.3) is 11.6 Å². The number of carbonyl (C=O) groups excluding carboxylic acids is 1. The number of non-ortho nitro benzene ring substituents is 1. The lowest BCUT2D eigenvalue weighted by Crippen LogP contribution is -2.13. The topological polar surface area (TPSA) is 98.3 Å². The normalized spacial score (nSPS) is 10.3. The van der Waals surface area contributed by atoms with Crippen molar-refractivity contribution in [2.75, 3.05) is 5.32 Å². The van der Waals surface area contributed by atoms with E-state index in [0.29, 0.717) is 5.69 Å². The van der Waals surface area contributed by atoms with E-state index in [9.17, 15) is 14.9 Å². The minimum Gasteiger partial charge on any atom is -0.432 e. The van der Waals surface area contributed by atoms with E-state index in [4.69, 9.17) is 27.6 Å². The molecule has 2 rings (SSSR count). The van der Waals surface area contributed by atoms with Gasteiger partial charge < -0.3 is 4.42 Å². The van der Waals surface area contributed by atoms with Crippen molar-refractivity contribution in [2.24, 2.45) is 0 Å². The average Bonchev–Trinajstić information content (AvgIpc) is 2.77. The molecule has 1 heterocycles. The van der Waals surface area contributed by atoms with E-state index in [2.05, 4.69) is 10.3 Å². The highest BCUT2D eigenvalue weighted by atomic mass is 35.5. The summed E-state index contributed by atoms with van der Waals surface area (Å²) in [7, 11) is 0.